The highest BCUT2D eigenvalue weighted by Gasteiger charge is 2.37. The molecular formula is C16H28O4SSi. The topological polar surface area (TPSA) is 63.6 Å². The van der Waals surface area contributed by atoms with E-state index < -0.39 is 18.4 Å². The van der Waals surface area contributed by atoms with Gasteiger partial charge in [0.25, 0.3) is 10.1 Å². The molecule has 0 heterocycles. The van der Waals surface area contributed by atoms with Gasteiger partial charge in [-0.15, -0.1) is 0 Å². The number of hydrogen-bond donors (Lipinski definition) is 1. The summed E-state index contributed by atoms with van der Waals surface area (Å²) in [5.41, 5.74) is 1.57. The van der Waals surface area contributed by atoms with Crippen molar-refractivity contribution in [2.45, 2.75) is 63.6 Å². The largest absolute Gasteiger partial charge is 0.416 e. The lowest BCUT2D eigenvalue weighted by molar-refractivity contribution is 0.268. The van der Waals surface area contributed by atoms with Crippen molar-refractivity contribution >= 4 is 18.4 Å². The molecule has 0 aliphatic carbocycles. The summed E-state index contributed by atoms with van der Waals surface area (Å²) in [4.78, 5) is -0.0237. The van der Waals surface area contributed by atoms with Crippen LogP contribution in [0.3, 0.4) is 0 Å². The smallest absolute Gasteiger partial charge is 0.294 e. The lowest BCUT2D eigenvalue weighted by atomic mass is 10.0. The molecule has 6 heteroatoms. The van der Waals surface area contributed by atoms with E-state index in [1.807, 2.05) is 19.9 Å². The summed E-state index contributed by atoms with van der Waals surface area (Å²) in [5, 5.41) is 0.102. The van der Waals surface area contributed by atoms with Crippen LogP contribution in [0, 0.1) is 6.92 Å². The van der Waals surface area contributed by atoms with E-state index in [-0.39, 0.29) is 15.9 Å². The summed E-state index contributed by atoms with van der Waals surface area (Å²) in [5.74, 6) is -0.106. The molecule has 1 aromatic rings. The fraction of sp³-hybridized carbons (Fsp3) is 0.625. The summed E-state index contributed by atoms with van der Waals surface area (Å²) < 4.78 is 38.7. The van der Waals surface area contributed by atoms with Crippen molar-refractivity contribution in [3.05, 3.63) is 29.3 Å². The summed E-state index contributed by atoms with van der Waals surface area (Å²) in [6.45, 7) is 15.1. The second kappa shape index (κ2) is 6.43. The molecule has 0 amide bonds. The van der Waals surface area contributed by atoms with Crippen LogP contribution in [-0.2, 0) is 14.5 Å². The fourth-order valence-electron chi connectivity index (χ4n) is 1.93. The van der Waals surface area contributed by atoms with Crippen molar-refractivity contribution in [3.8, 4) is 0 Å². The average molecular weight is 345 g/mol. The number of aryl methyl sites for hydroxylation is 1. The maximum atomic E-state index is 11.6. The predicted molar refractivity (Wildman–Crippen MR) is 92.6 cm³/mol. The first-order valence-corrected chi connectivity index (χ1v) is 11.8. The molecule has 0 saturated heterocycles. The Labute approximate surface area is 135 Å². The molecule has 0 saturated carbocycles. The summed E-state index contributed by atoms with van der Waals surface area (Å²) in [6.07, 6.45) is 0. The molecule has 0 aromatic heterocycles. The number of hydrogen-bond acceptors (Lipinski definition) is 3. The maximum Gasteiger partial charge on any atom is 0.294 e. The van der Waals surface area contributed by atoms with E-state index in [0.717, 1.165) is 5.56 Å². The molecule has 1 N–H and O–H groups in total. The minimum absolute atomic E-state index is 0.0237. The van der Waals surface area contributed by atoms with Gasteiger partial charge in [0.2, 0.25) is 0 Å². The Bertz CT molecular complexity index is 630. The van der Waals surface area contributed by atoms with Crippen LogP contribution >= 0.6 is 0 Å². The Hall–Kier alpha value is -0.693. The van der Waals surface area contributed by atoms with Gasteiger partial charge in [0, 0.05) is 12.5 Å². The Kier molecular flexibility index (Phi) is 5.66. The van der Waals surface area contributed by atoms with Gasteiger partial charge in [-0.2, -0.15) is 8.42 Å². The molecule has 0 aliphatic rings. The van der Waals surface area contributed by atoms with Gasteiger partial charge >= 0.3 is 0 Å². The zero-order valence-electron chi connectivity index (χ0n) is 14.6. The second-order valence-corrected chi connectivity index (χ2v) is 13.7. The maximum absolute atomic E-state index is 11.6. The molecule has 1 atom stereocenters. The van der Waals surface area contributed by atoms with Gasteiger partial charge in [0.05, 0.1) is 4.90 Å². The molecule has 0 radical (unpaired) electrons. The van der Waals surface area contributed by atoms with Crippen LogP contribution in [0.4, 0.5) is 0 Å². The molecule has 1 aromatic carbocycles. The monoisotopic (exact) mass is 344 g/mol. The van der Waals surface area contributed by atoms with Crippen LogP contribution in [0.25, 0.3) is 0 Å². The zero-order chi connectivity index (χ0) is 17.3. The fourth-order valence-corrected chi connectivity index (χ4v) is 3.83. The lowest BCUT2D eigenvalue weighted by Crippen LogP contribution is -2.41. The van der Waals surface area contributed by atoms with Gasteiger partial charge in [-0.05, 0) is 36.7 Å². The minimum Gasteiger partial charge on any atom is -0.416 e. The third kappa shape index (κ3) is 4.65. The number of rotatable bonds is 5. The molecule has 0 aliphatic heterocycles. The molecule has 1 unspecified atom stereocenters. The third-order valence-corrected chi connectivity index (χ3v) is 9.90. The summed E-state index contributed by atoms with van der Waals surface area (Å²) in [6, 6.07) is 4.96. The minimum atomic E-state index is -4.22. The van der Waals surface area contributed by atoms with Crippen molar-refractivity contribution in [3.63, 3.8) is 0 Å². The normalized spacial score (nSPS) is 14.9. The van der Waals surface area contributed by atoms with Gasteiger partial charge in [-0.1, -0.05) is 45.4 Å². The van der Waals surface area contributed by atoms with Crippen LogP contribution in [0.1, 0.15) is 44.7 Å². The first-order valence-electron chi connectivity index (χ1n) is 7.48. The molecule has 0 fully saturated rings. The Morgan fingerprint density at radius 2 is 1.82 bits per heavy atom. The van der Waals surface area contributed by atoms with Gasteiger partial charge in [0.15, 0.2) is 8.32 Å². The molecule has 126 valence electrons. The number of benzene rings is 1. The molecular weight excluding hydrogens is 316 g/mol. The van der Waals surface area contributed by atoms with Gasteiger partial charge < -0.3 is 4.43 Å². The van der Waals surface area contributed by atoms with Gasteiger partial charge in [0.1, 0.15) is 0 Å². The molecule has 4 nitrogen and oxygen atoms in total. The predicted octanol–water partition coefficient (Wildman–Crippen LogP) is 4.37. The SMILES string of the molecule is Cc1ccc(S(=O)(=O)O)c(C(C)CO[Si](C)(C)C(C)(C)C)c1. The van der Waals surface area contributed by atoms with E-state index in [2.05, 4.69) is 33.9 Å². The third-order valence-electron chi connectivity index (χ3n) is 4.47. The summed E-state index contributed by atoms with van der Waals surface area (Å²) in [7, 11) is -6.11. The first-order chi connectivity index (χ1) is 9.75. The van der Waals surface area contributed by atoms with E-state index in [1.165, 1.54) is 6.07 Å². The highest BCUT2D eigenvalue weighted by molar-refractivity contribution is 7.85. The van der Waals surface area contributed by atoms with Crippen LogP contribution in [0.2, 0.25) is 18.1 Å². The Morgan fingerprint density at radius 3 is 2.27 bits per heavy atom. The molecule has 0 spiro atoms. The van der Waals surface area contributed by atoms with Crippen LogP contribution < -0.4 is 0 Å². The first kappa shape index (κ1) is 19.4. The summed E-state index contributed by atoms with van der Waals surface area (Å²) >= 11 is 0. The van der Waals surface area contributed by atoms with E-state index in [4.69, 9.17) is 4.43 Å². The van der Waals surface area contributed by atoms with E-state index in [0.29, 0.717) is 12.2 Å². The highest BCUT2D eigenvalue weighted by atomic mass is 32.2. The van der Waals surface area contributed by atoms with Crippen molar-refractivity contribution < 1.29 is 17.4 Å². The second-order valence-electron chi connectivity index (χ2n) is 7.49. The van der Waals surface area contributed by atoms with Crippen molar-refractivity contribution in [1.82, 2.24) is 0 Å². The van der Waals surface area contributed by atoms with Crippen LogP contribution in [0.5, 0.6) is 0 Å². The Balaban J connectivity index is 3.05. The Morgan fingerprint density at radius 1 is 1.27 bits per heavy atom. The quantitative estimate of drug-likeness (QED) is 0.636. The lowest BCUT2D eigenvalue weighted by Gasteiger charge is -2.37. The molecule has 1 rings (SSSR count). The van der Waals surface area contributed by atoms with Crippen molar-refractivity contribution in [2.75, 3.05) is 6.61 Å². The average Bonchev–Trinajstić information content (AvgIpc) is 2.33. The molecule has 0 bridgehead atoms. The molecule has 22 heavy (non-hydrogen) atoms. The van der Waals surface area contributed by atoms with Crippen molar-refractivity contribution in [1.29, 1.82) is 0 Å². The van der Waals surface area contributed by atoms with Gasteiger partial charge in [-0.25, -0.2) is 0 Å². The van der Waals surface area contributed by atoms with Crippen LogP contribution in [-0.4, -0.2) is 27.9 Å². The van der Waals surface area contributed by atoms with E-state index >= 15 is 0 Å². The zero-order valence-corrected chi connectivity index (χ0v) is 16.4. The standard InChI is InChI=1S/C16H28O4SSi/c1-12-8-9-15(21(17,18)19)14(10-12)13(2)11-20-22(6,7)16(3,4)5/h8-10,13H,11H2,1-7H3,(H,17,18,19). The van der Waals surface area contributed by atoms with E-state index in [1.54, 1.807) is 6.07 Å². The van der Waals surface area contributed by atoms with E-state index in [9.17, 15) is 13.0 Å². The van der Waals surface area contributed by atoms with Crippen LogP contribution in [0.15, 0.2) is 23.1 Å². The van der Waals surface area contributed by atoms with Crippen molar-refractivity contribution in [2.24, 2.45) is 0 Å². The van der Waals surface area contributed by atoms with Gasteiger partial charge in [-0.3, -0.25) is 4.55 Å². The highest BCUT2D eigenvalue weighted by Crippen LogP contribution is 2.37.